The summed E-state index contributed by atoms with van der Waals surface area (Å²) < 4.78 is 1.20. The van der Waals surface area contributed by atoms with Crippen LogP contribution in [0.5, 0.6) is 0 Å². The van der Waals surface area contributed by atoms with Gasteiger partial charge in [-0.3, -0.25) is 4.79 Å². The van der Waals surface area contributed by atoms with E-state index in [4.69, 9.17) is 9.90 Å². The number of hydrogen-bond donors (Lipinski definition) is 1. The Balaban J connectivity index is 0.000000292. The van der Waals surface area contributed by atoms with Gasteiger partial charge in [0.15, 0.2) is 0 Å². The first-order valence-corrected chi connectivity index (χ1v) is 7.27. The van der Waals surface area contributed by atoms with E-state index in [1.807, 2.05) is 0 Å². The Morgan fingerprint density at radius 2 is 1.73 bits per heavy atom. The van der Waals surface area contributed by atoms with E-state index in [1.54, 1.807) is 12.8 Å². The molecule has 3 heteroatoms. The van der Waals surface area contributed by atoms with Crippen LogP contribution in [-0.2, 0) is 4.79 Å². The first-order chi connectivity index (χ1) is 5.22. The number of rotatable bonds is 1. The van der Waals surface area contributed by atoms with Gasteiger partial charge in [0.25, 0.3) is 20.6 Å². The zero-order valence-electron chi connectivity index (χ0n) is 7.42. The van der Waals surface area contributed by atoms with Gasteiger partial charge >= 0.3 is 0 Å². The van der Waals surface area contributed by atoms with Crippen molar-refractivity contribution in [3.63, 3.8) is 0 Å². The van der Waals surface area contributed by atoms with Crippen molar-refractivity contribution in [1.82, 2.24) is 0 Å². The lowest BCUT2D eigenvalue weighted by molar-refractivity contribution is -0.122. The monoisotopic (exact) mass is 172 g/mol. The normalized spacial score (nSPS) is 16.9. The molecule has 2 nitrogen and oxygen atoms in total. The standard InChI is InChI=1S/C5H9.CH2O2.2CH3.Al/c1-2-4-5-3-1;2-1-3;;;/h1H,2-5H2;1H,(H,2,3);2*1H3;. The second kappa shape index (κ2) is 6.70. The third kappa shape index (κ3) is 5.29. The molecule has 0 bridgehead atoms. The topological polar surface area (TPSA) is 37.3 Å². The molecule has 1 fully saturated rings. The Morgan fingerprint density at radius 3 is 1.91 bits per heavy atom. The zero-order chi connectivity index (χ0) is 8.69. The number of carbonyl (C=O) groups is 1. The van der Waals surface area contributed by atoms with Crippen molar-refractivity contribution in [2.45, 2.75) is 42.0 Å². The minimum Gasteiger partial charge on any atom is -0.483 e. The van der Waals surface area contributed by atoms with Crippen molar-refractivity contribution in [3.05, 3.63) is 0 Å². The van der Waals surface area contributed by atoms with E-state index in [9.17, 15) is 0 Å². The SMILES string of the molecule is O=CO.[CH3][Al]([CH3])[CH]1CCCC1. The highest BCUT2D eigenvalue weighted by molar-refractivity contribution is 6.57. The second-order valence-corrected chi connectivity index (χ2v) is 6.82. The van der Waals surface area contributed by atoms with Crippen LogP contribution in [0.15, 0.2) is 0 Å². The van der Waals surface area contributed by atoms with Crippen molar-refractivity contribution in [2.75, 3.05) is 0 Å². The van der Waals surface area contributed by atoms with Gasteiger partial charge in [0.2, 0.25) is 0 Å². The zero-order valence-corrected chi connectivity index (χ0v) is 8.57. The molecule has 1 saturated carbocycles. The molecule has 0 spiro atoms. The van der Waals surface area contributed by atoms with E-state index in [0.717, 1.165) is 0 Å². The van der Waals surface area contributed by atoms with Crippen LogP contribution in [0.3, 0.4) is 0 Å². The van der Waals surface area contributed by atoms with Crippen molar-refractivity contribution >= 4 is 20.6 Å². The molecule has 11 heavy (non-hydrogen) atoms. The minimum absolute atomic E-state index is 0.223. The molecule has 0 aromatic heterocycles. The fourth-order valence-electron chi connectivity index (χ4n) is 1.62. The molecule has 1 rings (SSSR count). The van der Waals surface area contributed by atoms with Gasteiger partial charge in [0.1, 0.15) is 0 Å². The molecular weight excluding hydrogens is 155 g/mol. The van der Waals surface area contributed by atoms with Crippen LogP contribution >= 0.6 is 0 Å². The van der Waals surface area contributed by atoms with E-state index >= 15 is 0 Å². The van der Waals surface area contributed by atoms with Crippen LogP contribution in [-0.4, -0.2) is 25.7 Å². The summed E-state index contributed by atoms with van der Waals surface area (Å²) in [5.41, 5.74) is 0. The third-order valence-electron chi connectivity index (χ3n) is 2.34. The molecule has 0 aromatic carbocycles. The van der Waals surface area contributed by atoms with Gasteiger partial charge in [-0.15, -0.1) is 11.6 Å². The highest BCUT2D eigenvalue weighted by atomic mass is 27.2. The summed E-state index contributed by atoms with van der Waals surface area (Å²) in [4.78, 5) is 8.36. The minimum atomic E-state index is -0.250. The largest absolute Gasteiger partial charge is 0.483 e. The molecule has 0 aliphatic heterocycles. The lowest BCUT2D eigenvalue weighted by Gasteiger charge is -2.06. The second-order valence-electron chi connectivity index (χ2n) is 3.39. The fourth-order valence-corrected chi connectivity index (χ4v) is 3.43. The Morgan fingerprint density at radius 1 is 1.36 bits per heavy atom. The summed E-state index contributed by atoms with van der Waals surface area (Å²) in [6, 6.07) is 0. The van der Waals surface area contributed by atoms with Crippen molar-refractivity contribution in [3.8, 4) is 0 Å². The molecule has 0 amide bonds. The van der Waals surface area contributed by atoms with Gasteiger partial charge in [-0.05, 0) is 0 Å². The Labute approximate surface area is 73.0 Å². The van der Waals surface area contributed by atoms with Crippen molar-refractivity contribution in [2.24, 2.45) is 0 Å². The molecule has 0 atom stereocenters. The highest BCUT2D eigenvalue weighted by Crippen LogP contribution is 2.32. The van der Waals surface area contributed by atoms with Gasteiger partial charge in [-0.1, -0.05) is 30.5 Å². The van der Waals surface area contributed by atoms with E-state index in [1.165, 1.54) is 17.6 Å². The average molecular weight is 172 g/mol. The van der Waals surface area contributed by atoms with E-state index < -0.39 is 0 Å². The molecule has 64 valence electrons. The summed E-state index contributed by atoms with van der Waals surface area (Å²) in [5.74, 6) is 4.96. The molecule has 0 unspecified atom stereocenters. The molecule has 0 heterocycles. The van der Waals surface area contributed by atoms with Crippen LogP contribution in [0.25, 0.3) is 0 Å². The first-order valence-electron chi connectivity index (χ1n) is 4.30. The van der Waals surface area contributed by atoms with Gasteiger partial charge in [-0.25, -0.2) is 0 Å². The molecule has 0 radical (unpaired) electrons. The lowest BCUT2D eigenvalue weighted by atomic mass is 10.4. The Bertz CT molecular complexity index is 98.3. The number of hydrogen-bond acceptors (Lipinski definition) is 1. The predicted molar refractivity (Wildman–Crippen MR) is 48.4 cm³/mol. The summed E-state index contributed by atoms with van der Waals surface area (Å²) in [5, 5.41) is 6.89. The molecule has 0 aromatic rings. The summed E-state index contributed by atoms with van der Waals surface area (Å²) in [6.07, 6.45) is 6.17. The first kappa shape index (κ1) is 11.0. The molecule has 0 saturated heterocycles. The van der Waals surface area contributed by atoms with Crippen LogP contribution in [0, 0.1) is 0 Å². The highest BCUT2D eigenvalue weighted by Gasteiger charge is 2.21. The van der Waals surface area contributed by atoms with E-state index in [-0.39, 0.29) is 20.6 Å². The predicted octanol–water partition coefficient (Wildman–Crippen LogP) is 2.39. The fraction of sp³-hybridized carbons (Fsp3) is 0.875. The van der Waals surface area contributed by atoms with E-state index in [0.29, 0.717) is 0 Å². The van der Waals surface area contributed by atoms with Crippen LogP contribution in [0.2, 0.25) is 16.4 Å². The third-order valence-corrected chi connectivity index (χ3v) is 4.89. The Hall–Kier alpha value is 0.00247. The van der Waals surface area contributed by atoms with Crippen LogP contribution < -0.4 is 0 Å². The smallest absolute Gasteiger partial charge is 0.290 e. The quantitative estimate of drug-likeness (QED) is 0.487. The molecule has 1 N–H and O–H groups in total. The average Bonchev–Trinajstić information content (AvgIpc) is 2.38. The molecule has 1 aliphatic carbocycles. The van der Waals surface area contributed by atoms with Gasteiger partial charge < -0.3 is 5.11 Å². The number of carboxylic acid groups (broad SMARTS) is 1. The van der Waals surface area contributed by atoms with Crippen LogP contribution in [0.1, 0.15) is 25.7 Å². The maximum atomic E-state index is 8.36. The maximum absolute atomic E-state index is 8.36. The Kier molecular flexibility index (Phi) is 6.70. The van der Waals surface area contributed by atoms with E-state index in [2.05, 4.69) is 11.6 Å². The molecular formula is C8H17AlO2. The van der Waals surface area contributed by atoms with Gasteiger partial charge in [0, 0.05) is 0 Å². The summed E-state index contributed by atoms with van der Waals surface area (Å²) >= 11 is -0.223. The van der Waals surface area contributed by atoms with Gasteiger partial charge in [0.05, 0.1) is 0 Å². The van der Waals surface area contributed by atoms with Crippen molar-refractivity contribution < 1.29 is 9.90 Å². The summed E-state index contributed by atoms with van der Waals surface area (Å²) in [6.45, 7) is -0.250. The van der Waals surface area contributed by atoms with Crippen molar-refractivity contribution in [1.29, 1.82) is 0 Å². The lowest BCUT2D eigenvalue weighted by Crippen LogP contribution is -2.07. The maximum Gasteiger partial charge on any atom is 0.290 e. The molecule has 1 aliphatic rings. The van der Waals surface area contributed by atoms with Crippen LogP contribution in [0.4, 0.5) is 0 Å². The summed E-state index contributed by atoms with van der Waals surface area (Å²) in [7, 11) is 0. The van der Waals surface area contributed by atoms with Gasteiger partial charge in [-0.2, -0.15) is 0 Å².